The van der Waals surface area contributed by atoms with Crippen molar-refractivity contribution in [2.75, 3.05) is 13.1 Å². The lowest BCUT2D eigenvalue weighted by Gasteiger charge is -2.15. The number of amides is 2. The van der Waals surface area contributed by atoms with Gasteiger partial charge in [-0.3, -0.25) is 9.59 Å². The molecule has 1 heterocycles. The Morgan fingerprint density at radius 3 is 2.62 bits per heavy atom. The summed E-state index contributed by atoms with van der Waals surface area (Å²) in [6.07, 6.45) is 1.78. The molecule has 0 unspecified atom stereocenters. The van der Waals surface area contributed by atoms with Crippen LogP contribution in [0.2, 0.25) is 0 Å². The van der Waals surface area contributed by atoms with E-state index in [1.807, 2.05) is 0 Å². The standard InChI is InChI=1S/C20H24N2O7/c1-3-4-5-13-8-19(26)29-16-9-14(6-7-15(13)16)28-12(2)20(27)22-10-17(23)21-11-18(24)25/h6-9,12H,3-5,10-11H2,1-2H3,(H,21,23)(H,22,27)(H,24,25)/p-1/t12-/m1/s1. The SMILES string of the molecule is CCCCc1cc(=O)oc2cc(O[C@H](C)C(=O)NCC(=O)NCC(=O)[O-])ccc12. The minimum Gasteiger partial charge on any atom is -0.548 e. The number of hydrogen-bond acceptors (Lipinski definition) is 7. The number of fused-ring (bicyclic) bond motifs is 1. The highest BCUT2D eigenvalue weighted by Gasteiger charge is 2.16. The van der Waals surface area contributed by atoms with Gasteiger partial charge in [-0.05, 0) is 37.5 Å². The number of benzene rings is 1. The van der Waals surface area contributed by atoms with Crippen LogP contribution in [0.4, 0.5) is 0 Å². The summed E-state index contributed by atoms with van der Waals surface area (Å²) in [5.74, 6) is -2.33. The first-order chi connectivity index (χ1) is 13.8. The van der Waals surface area contributed by atoms with Crippen LogP contribution < -0.4 is 26.1 Å². The van der Waals surface area contributed by atoms with Gasteiger partial charge in [-0.2, -0.15) is 0 Å². The summed E-state index contributed by atoms with van der Waals surface area (Å²) in [6, 6.07) is 6.48. The lowest BCUT2D eigenvalue weighted by molar-refractivity contribution is -0.304. The van der Waals surface area contributed by atoms with Crippen LogP contribution >= 0.6 is 0 Å². The third kappa shape index (κ3) is 6.63. The monoisotopic (exact) mass is 403 g/mol. The van der Waals surface area contributed by atoms with Crippen LogP contribution in [0.25, 0.3) is 11.0 Å². The molecule has 0 spiro atoms. The molecule has 1 aromatic carbocycles. The number of rotatable bonds is 10. The zero-order valence-electron chi connectivity index (χ0n) is 16.3. The number of carboxylic acid groups (broad SMARTS) is 1. The Hall–Kier alpha value is -3.36. The second kappa shape index (κ2) is 10.3. The molecule has 2 amide bonds. The zero-order chi connectivity index (χ0) is 21.4. The molecule has 0 aliphatic carbocycles. The Morgan fingerprint density at radius 1 is 1.17 bits per heavy atom. The number of aliphatic carboxylic acids is 1. The largest absolute Gasteiger partial charge is 0.548 e. The van der Waals surface area contributed by atoms with E-state index in [1.54, 1.807) is 18.2 Å². The molecule has 0 fully saturated rings. The molecule has 0 bridgehead atoms. The molecular weight excluding hydrogens is 380 g/mol. The third-order valence-corrected chi connectivity index (χ3v) is 4.14. The van der Waals surface area contributed by atoms with Gasteiger partial charge in [0.05, 0.1) is 19.1 Å². The Bertz CT molecular complexity index is 951. The van der Waals surface area contributed by atoms with E-state index in [4.69, 9.17) is 9.15 Å². The molecule has 0 saturated heterocycles. The summed E-state index contributed by atoms with van der Waals surface area (Å²) >= 11 is 0. The summed E-state index contributed by atoms with van der Waals surface area (Å²) in [5.41, 5.74) is 0.822. The number of carboxylic acids is 1. The van der Waals surface area contributed by atoms with Crippen molar-refractivity contribution in [3.8, 4) is 5.75 Å². The summed E-state index contributed by atoms with van der Waals surface area (Å²) in [6.45, 7) is 2.53. The molecule has 9 heteroatoms. The average Bonchev–Trinajstić information content (AvgIpc) is 2.68. The van der Waals surface area contributed by atoms with E-state index >= 15 is 0 Å². The molecule has 0 saturated carbocycles. The van der Waals surface area contributed by atoms with Gasteiger partial charge in [-0.25, -0.2) is 4.79 Å². The Balaban J connectivity index is 2.01. The van der Waals surface area contributed by atoms with Crippen molar-refractivity contribution in [2.45, 2.75) is 39.2 Å². The van der Waals surface area contributed by atoms with Crippen LogP contribution in [0.1, 0.15) is 32.3 Å². The van der Waals surface area contributed by atoms with Crippen molar-refractivity contribution < 1.29 is 28.6 Å². The summed E-state index contributed by atoms with van der Waals surface area (Å²) in [5, 5.41) is 15.5. The van der Waals surface area contributed by atoms with Crippen LogP contribution in [0, 0.1) is 0 Å². The highest BCUT2D eigenvalue weighted by atomic mass is 16.5. The van der Waals surface area contributed by atoms with E-state index in [2.05, 4.69) is 17.6 Å². The van der Waals surface area contributed by atoms with E-state index in [9.17, 15) is 24.3 Å². The van der Waals surface area contributed by atoms with Gasteiger partial charge < -0.3 is 29.7 Å². The fraction of sp³-hybridized carbons (Fsp3) is 0.400. The molecule has 0 aliphatic rings. The predicted octanol–water partition coefficient (Wildman–Crippen LogP) is -0.115. The van der Waals surface area contributed by atoms with E-state index in [0.717, 1.165) is 30.2 Å². The normalized spacial score (nSPS) is 11.7. The first-order valence-electron chi connectivity index (χ1n) is 9.27. The van der Waals surface area contributed by atoms with E-state index in [0.29, 0.717) is 11.3 Å². The molecular formula is C20H23N2O7-. The van der Waals surface area contributed by atoms with Gasteiger partial charge >= 0.3 is 5.63 Å². The molecule has 1 aromatic heterocycles. The lowest BCUT2D eigenvalue weighted by Crippen LogP contribution is -2.45. The summed E-state index contributed by atoms with van der Waals surface area (Å²) < 4.78 is 10.8. The van der Waals surface area contributed by atoms with Crippen LogP contribution in [-0.2, 0) is 20.8 Å². The summed E-state index contributed by atoms with van der Waals surface area (Å²) in [4.78, 5) is 45.6. The number of unbranched alkanes of at least 4 members (excludes halogenated alkanes) is 1. The maximum Gasteiger partial charge on any atom is 0.336 e. The minimum atomic E-state index is -1.43. The maximum absolute atomic E-state index is 12.1. The van der Waals surface area contributed by atoms with Gasteiger partial charge in [0.2, 0.25) is 5.91 Å². The Labute approximate surface area is 167 Å². The van der Waals surface area contributed by atoms with E-state index < -0.39 is 42.6 Å². The van der Waals surface area contributed by atoms with Crippen molar-refractivity contribution in [3.05, 3.63) is 40.2 Å². The topological polar surface area (TPSA) is 138 Å². The van der Waals surface area contributed by atoms with Crippen LogP contribution in [0.5, 0.6) is 5.75 Å². The van der Waals surface area contributed by atoms with Crippen molar-refractivity contribution >= 4 is 28.8 Å². The first kappa shape index (κ1) is 21.9. The van der Waals surface area contributed by atoms with E-state index in [-0.39, 0.29) is 0 Å². The van der Waals surface area contributed by atoms with Gasteiger partial charge in [-0.15, -0.1) is 0 Å². The zero-order valence-corrected chi connectivity index (χ0v) is 16.3. The Morgan fingerprint density at radius 2 is 1.93 bits per heavy atom. The molecule has 0 radical (unpaired) electrons. The number of carbonyl (C=O) groups is 3. The van der Waals surface area contributed by atoms with Crippen LogP contribution in [0.3, 0.4) is 0 Å². The highest BCUT2D eigenvalue weighted by Crippen LogP contribution is 2.24. The molecule has 156 valence electrons. The summed E-state index contributed by atoms with van der Waals surface area (Å²) in [7, 11) is 0. The van der Waals surface area contributed by atoms with Gasteiger partial charge in [0.25, 0.3) is 5.91 Å². The number of nitrogens with one attached hydrogen (secondary N) is 2. The van der Waals surface area contributed by atoms with Gasteiger partial charge in [0.1, 0.15) is 11.3 Å². The smallest absolute Gasteiger partial charge is 0.336 e. The molecule has 9 nitrogen and oxygen atoms in total. The molecule has 2 aromatic rings. The molecule has 29 heavy (non-hydrogen) atoms. The van der Waals surface area contributed by atoms with Crippen molar-refractivity contribution in [1.29, 1.82) is 0 Å². The van der Waals surface area contributed by atoms with Crippen LogP contribution in [-0.4, -0.2) is 37.0 Å². The molecule has 1 atom stereocenters. The van der Waals surface area contributed by atoms with Gasteiger partial charge in [-0.1, -0.05) is 13.3 Å². The van der Waals surface area contributed by atoms with Crippen molar-refractivity contribution in [3.63, 3.8) is 0 Å². The number of carbonyl (C=O) groups excluding carboxylic acids is 3. The quantitative estimate of drug-likeness (QED) is 0.528. The second-order valence-corrected chi connectivity index (χ2v) is 6.48. The van der Waals surface area contributed by atoms with Gasteiger partial charge in [0, 0.05) is 17.5 Å². The fourth-order valence-electron chi connectivity index (χ4n) is 2.66. The third-order valence-electron chi connectivity index (χ3n) is 4.14. The van der Waals surface area contributed by atoms with Gasteiger partial charge in [0.15, 0.2) is 6.10 Å². The predicted molar refractivity (Wildman–Crippen MR) is 102 cm³/mol. The minimum absolute atomic E-state index is 0.331. The second-order valence-electron chi connectivity index (χ2n) is 6.48. The number of hydrogen-bond donors (Lipinski definition) is 2. The van der Waals surface area contributed by atoms with E-state index in [1.165, 1.54) is 13.0 Å². The molecule has 2 N–H and O–H groups in total. The molecule has 0 aliphatic heterocycles. The maximum atomic E-state index is 12.1. The average molecular weight is 403 g/mol. The molecule has 2 rings (SSSR count). The first-order valence-corrected chi connectivity index (χ1v) is 9.27. The Kier molecular flexibility index (Phi) is 7.76. The fourth-order valence-corrected chi connectivity index (χ4v) is 2.66. The highest BCUT2D eigenvalue weighted by molar-refractivity contribution is 5.88. The lowest BCUT2D eigenvalue weighted by atomic mass is 10.0. The van der Waals surface area contributed by atoms with Crippen LogP contribution in [0.15, 0.2) is 33.5 Å². The van der Waals surface area contributed by atoms with Crippen molar-refractivity contribution in [2.24, 2.45) is 0 Å². The van der Waals surface area contributed by atoms with Crippen molar-refractivity contribution in [1.82, 2.24) is 10.6 Å². The number of aryl methyl sites for hydroxylation is 1. The number of ether oxygens (including phenoxy) is 1.